The van der Waals surface area contributed by atoms with E-state index in [1.165, 1.54) is 38.5 Å². The molecule has 0 saturated heterocycles. The van der Waals surface area contributed by atoms with E-state index in [1.54, 1.807) is 12.3 Å². The summed E-state index contributed by atoms with van der Waals surface area (Å²) in [6, 6.07) is 1.80. The Hall–Kier alpha value is -1.98. The van der Waals surface area contributed by atoms with Gasteiger partial charge in [0.1, 0.15) is 0 Å². The molecule has 170 valence electrons. The third-order valence-corrected chi connectivity index (χ3v) is 10.2. The second kappa shape index (κ2) is 6.77. The highest BCUT2D eigenvalue weighted by atomic mass is 16.2. The SMILES string of the molecule is O=C(Nc1cnnc(NC(=O)C23CC4CC(CC(C4)C2)C3)c1)C12CC3CC(CC(C3)C1)C2. The molecule has 2 N–H and O–H groups in total. The number of hydrogen-bond donors (Lipinski definition) is 2. The zero-order valence-electron chi connectivity index (χ0n) is 18.8. The van der Waals surface area contributed by atoms with Crippen LogP contribution in [0.2, 0.25) is 0 Å². The molecule has 0 aliphatic heterocycles. The number of hydrogen-bond acceptors (Lipinski definition) is 4. The lowest BCUT2D eigenvalue weighted by atomic mass is 9.49. The van der Waals surface area contributed by atoms with E-state index < -0.39 is 0 Å². The number of nitrogens with one attached hydrogen (secondary N) is 2. The quantitative estimate of drug-likeness (QED) is 0.714. The number of rotatable bonds is 4. The van der Waals surface area contributed by atoms with Gasteiger partial charge in [-0.25, -0.2) is 0 Å². The third kappa shape index (κ3) is 3.04. The van der Waals surface area contributed by atoms with Crippen molar-refractivity contribution in [2.45, 2.75) is 77.0 Å². The summed E-state index contributed by atoms with van der Waals surface area (Å²) in [6.07, 6.45) is 15.7. The number of carbonyl (C=O) groups is 2. The minimum absolute atomic E-state index is 0.121. The lowest BCUT2D eigenvalue weighted by molar-refractivity contribution is -0.140. The highest BCUT2D eigenvalue weighted by Crippen LogP contribution is 2.61. The molecule has 8 saturated carbocycles. The monoisotopic (exact) mass is 434 g/mol. The summed E-state index contributed by atoms with van der Waals surface area (Å²) in [5, 5.41) is 14.5. The van der Waals surface area contributed by atoms with Gasteiger partial charge in [-0.15, -0.1) is 5.10 Å². The van der Waals surface area contributed by atoms with Crippen LogP contribution in [0.3, 0.4) is 0 Å². The fourth-order valence-corrected chi connectivity index (χ4v) is 9.79. The van der Waals surface area contributed by atoms with Crippen LogP contribution in [0.5, 0.6) is 0 Å². The van der Waals surface area contributed by atoms with Crippen molar-refractivity contribution in [3.63, 3.8) is 0 Å². The Bertz CT molecular complexity index is 829. The highest BCUT2D eigenvalue weighted by Gasteiger charge is 2.55. The molecule has 1 heterocycles. The molecule has 0 radical (unpaired) electrons. The van der Waals surface area contributed by atoms with Crippen LogP contribution in [0, 0.1) is 46.3 Å². The largest absolute Gasteiger partial charge is 0.324 e. The molecule has 0 aromatic carbocycles. The third-order valence-electron chi connectivity index (χ3n) is 10.2. The van der Waals surface area contributed by atoms with Crippen LogP contribution in [0.15, 0.2) is 12.3 Å². The smallest absolute Gasteiger partial charge is 0.231 e. The van der Waals surface area contributed by atoms with E-state index >= 15 is 0 Å². The second-order valence-electron chi connectivity index (χ2n) is 12.6. The molecule has 8 bridgehead atoms. The van der Waals surface area contributed by atoms with Gasteiger partial charge in [0.05, 0.1) is 22.7 Å². The van der Waals surface area contributed by atoms with Gasteiger partial charge in [-0.3, -0.25) is 9.59 Å². The van der Waals surface area contributed by atoms with Gasteiger partial charge in [0.15, 0.2) is 5.82 Å². The standard InChI is InChI=1S/C26H34N4O2/c31-23(25-8-15-1-16(9-25)3-17(2-15)10-25)28-21-7-22(30-27-14-21)29-24(32)26-11-18-4-19(12-26)6-20(5-18)13-26/h7,14-20H,1-6,8-13H2,(H2,28,29,30,31,32). The molecule has 0 unspecified atom stereocenters. The Morgan fingerprint density at radius 1 is 0.688 bits per heavy atom. The van der Waals surface area contributed by atoms with Gasteiger partial charge >= 0.3 is 0 Å². The number of anilines is 2. The molecule has 1 aromatic rings. The Balaban J connectivity index is 1.06. The average Bonchev–Trinajstić information content (AvgIpc) is 2.72. The van der Waals surface area contributed by atoms with Gasteiger partial charge in [-0.05, 0) is 113 Å². The average molecular weight is 435 g/mol. The van der Waals surface area contributed by atoms with Crippen LogP contribution in [0.25, 0.3) is 0 Å². The molecular weight excluding hydrogens is 400 g/mol. The van der Waals surface area contributed by atoms with E-state index in [2.05, 4.69) is 20.8 Å². The van der Waals surface area contributed by atoms with Crippen molar-refractivity contribution in [2.75, 3.05) is 10.6 Å². The van der Waals surface area contributed by atoms with E-state index in [4.69, 9.17) is 0 Å². The zero-order chi connectivity index (χ0) is 21.5. The van der Waals surface area contributed by atoms with Crippen molar-refractivity contribution >= 4 is 23.3 Å². The molecule has 8 fully saturated rings. The fraction of sp³-hybridized carbons (Fsp3) is 0.769. The highest BCUT2D eigenvalue weighted by molar-refractivity contribution is 5.97. The summed E-state index contributed by atoms with van der Waals surface area (Å²) in [5.41, 5.74) is 0.247. The summed E-state index contributed by atoms with van der Waals surface area (Å²) in [7, 11) is 0. The van der Waals surface area contributed by atoms with Crippen molar-refractivity contribution in [3.05, 3.63) is 12.3 Å². The Morgan fingerprint density at radius 2 is 1.09 bits per heavy atom. The molecule has 6 nitrogen and oxygen atoms in total. The summed E-state index contributed by atoms with van der Waals surface area (Å²) in [5.74, 6) is 5.12. The molecule has 0 atom stereocenters. The molecule has 0 spiro atoms. The van der Waals surface area contributed by atoms with Crippen LogP contribution < -0.4 is 10.6 Å². The van der Waals surface area contributed by atoms with Gasteiger partial charge in [0.2, 0.25) is 11.8 Å². The van der Waals surface area contributed by atoms with Gasteiger partial charge in [-0.1, -0.05) is 0 Å². The first-order valence-electron chi connectivity index (χ1n) is 12.9. The van der Waals surface area contributed by atoms with E-state index in [1.807, 2.05) is 0 Å². The molecule has 2 amide bonds. The predicted octanol–water partition coefficient (Wildman–Crippen LogP) is 4.79. The fourth-order valence-electron chi connectivity index (χ4n) is 9.79. The summed E-state index contributed by atoms with van der Waals surface area (Å²) >= 11 is 0. The van der Waals surface area contributed by atoms with Crippen LogP contribution >= 0.6 is 0 Å². The Labute approximate surface area is 189 Å². The maximum absolute atomic E-state index is 13.4. The van der Waals surface area contributed by atoms with Crippen molar-refractivity contribution in [1.29, 1.82) is 0 Å². The zero-order valence-corrected chi connectivity index (χ0v) is 18.8. The molecule has 6 heteroatoms. The Morgan fingerprint density at radius 3 is 1.53 bits per heavy atom. The van der Waals surface area contributed by atoms with Gasteiger partial charge in [0.25, 0.3) is 0 Å². The van der Waals surface area contributed by atoms with Gasteiger partial charge < -0.3 is 10.6 Å². The summed E-state index contributed by atoms with van der Waals surface area (Å²) in [4.78, 5) is 26.7. The maximum Gasteiger partial charge on any atom is 0.231 e. The van der Waals surface area contributed by atoms with Crippen LogP contribution in [0.1, 0.15) is 77.0 Å². The van der Waals surface area contributed by atoms with Crippen LogP contribution in [-0.4, -0.2) is 22.0 Å². The minimum atomic E-state index is -0.213. The lowest BCUT2D eigenvalue weighted by Gasteiger charge is -2.55. The number of carbonyl (C=O) groups excluding carboxylic acids is 2. The normalized spacial score (nSPS) is 45.1. The second-order valence-corrected chi connectivity index (χ2v) is 12.6. The van der Waals surface area contributed by atoms with Crippen LogP contribution in [-0.2, 0) is 9.59 Å². The number of aromatic nitrogens is 2. The van der Waals surface area contributed by atoms with Crippen molar-refractivity contribution < 1.29 is 9.59 Å². The molecule has 1 aromatic heterocycles. The number of nitrogens with zero attached hydrogens (tertiary/aromatic N) is 2. The van der Waals surface area contributed by atoms with Crippen LogP contribution in [0.4, 0.5) is 11.5 Å². The topological polar surface area (TPSA) is 84.0 Å². The number of amides is 2. The van der Waals surface area contributed by atoms with Gasteiger partial charge in [-0.2, -0.15) is 5.10 Å². The summed E-state index contributed by atoms with van der Waals surface area (Å²) < 4.78 is 0. The van der Waals surface area contributed by atoms with E-state index in [9.17, 15) is 9.59 Å². The first-order chi connectivity index (χ1) is 15.5. The first kappa shape index (κ1) is 19.5. The van der Waals surface area contributed by atoms with E-state index in [0.29, 0.717) is 11.5 Å². The van der Waals surface area contributed by atoms with Crippen molar-refractivity contribution in [2.24, 2.45) is 46.3 Å². The van der Waals surface area contributed by atoms with Crippen molar-refractivity contribution in [3.8, 4) is 0 Å². The molecule has 8 aliphatic carbocycles. The molecule has 8 aliphatic rings. The summed E-state index contributed by atoms with van der Waals surface area (Å²) in [6.45, 7) is 0. The lowest BCUT2D eigenvalue weighted by Crippen LogP contribution is -2.52. The molecular formula is C26H34N4O2. The van der Waals surface area contributed by atoms with Crippen molar-refractivity contribution in [1.82, 2.24) is 10.2 Å². The molecule has 32 heavy (non-hydrogen) atoms. The van der Waals surface area contributed by atoms with E-state index in [0.717, 1.165) is 74.0 Å². The molecule has 9 rings (SSSR count). The van der Waals surface area contributed by atoms with E-state index in [-0.39, 0.29) is 22.6 Å². The Kier molecular flexibility index (Phi) is 4.12. The van der Waals surface area contributed by atoms with Gasteiger partial charge in [0, 0.05) is 6.07 Å². The minimum Gasteiger partial charge on any atom is -0.324 e. The predicted molar refractivity (Wildman–Crippen MR) is 121 cm³/mol. The maximum atomic E-state index is 13.4. The first-order valence-corrected chi connectivity index (χ1v) is 12.9.